The van der Waals surface area contributed by atoms with Crippen LogP contribution in [0.4, 0.5) is 4.39 Å². The number of halogens is 1. The van der Waals surface area contributed by atoms with E-state index in [4.69, 9.17) is 17.0 Å². The third-order valence-corrected chi connectivity index (χ3v) is 5.16. The van der Waals surface area contributed by atoms with E-state index < -0.39 is 0 Å². The number of carbonyl (C=O) groups is 1. The van der Waals surface area contributed by atoms with Crippen LogP contribution in [0.25, 0.3) is 10.9 Å². The molecule has 4 aromatic rings. The van der Waals surface area contributed by atoms with Gasteiger partial charge >= 0.3 is 0 Å². The molecule has 2 N–H and O–H groups in total. The minimum Gasteiger partial charge on any atom is -0.439 e. The zero-order valence-corrected chi connectivity index (χ0v) is 18.2. The van der Waals surface area contributed by atoms with E-state index in [1.165, 1.54) is 28.8 Å². The third-order valence-electron chi connectivity index (χ3n) is 4.84. The number of amides is 1. The number of ether oxygens (including phenoxy) is 1. The summed E-state index contributed by atoms with van der Waals surface area (Å²) in [5.74, 6) is 0.165. The molecule has 33 heavy (non-hydrogen) atoms. The smallest absolute Gasteiger partial charge is 0.262 e. The fourth-order valence-electron chi connectivity index (χ4n) is 3.17. The van der Waals surface area contributed by atoms with E-state index in [0.717, 1.165) is 5.56 Å². The lowest BCUT2D eigenvalue weighted by molar-refractivity contribution is 0.0951. The number of fused-ring (bicyclic) bond motifs is 1. The molecule has 7 nitrogen and oxygen atoms in total. The summed E-state index contributed by atoms with van der Waals surface area (Å²) in [6.45, 7) is 4.18. The van der Waals surface area contributed by atoms with Crippen molar-refractivity contribution in [2.75, 3.05) is 0 Å². The molecule has 0 radical (unpaired) electrons. The molecule has 0 bridgehead atoms. The number of aromatic nitrogens is 3. The number of carbonyl (C=O) groups excluding carboxylic acids is 1. The number of hydrogen-bond donors (Lipinski definition) is 2. The predicted molar refractivity (Wildman–Crippen MR) is 125 cm³/mol. The van der Waals surface area contributed by atoms with Gasteiger partial charge in [0.2, 0.25) is 5.88 Å². The maximum atomic E-state index is 13.0. The van der Waals surface area contributed by atoms with Gasteiger partial charge in [-0.15, -0.1) is 6.58 Å². The topological polar surface area (TPSA) is 89.0 Å². The van der Waals surface area contributed by atoms with Gasteiger partial charge in [-0.05, 0) is 60.2 Å². The van der Waals surface area contributed by atoms with Crippen LogP contribution in [-0.4, -0.2) is 20.4 Å². The van der Waals surface area contributed by atoms with E-state index in [0.29, 0.717) is 34.6 Å². The molecule has 2 heterocycles. The third kappa shape index (κ3) is 5.04. The lowest BCUT2D eigenvalue weighted by Crippen LogP contribution is -2.24. The van der Waals surface area contributed by atoms with Gasteiger partial charge in [0.25, 0.3) is 11.5 Å². The van der Waals surface area contributed by atoms with Crippen molar-refractivity contribution in [3.8, 4) is 11.6 Å². The zero-order valence-electron chi connectivity index (χ0n) is 17.4. The average Bonchev–Trinajstić information content (AvgIpc) is 2.82. The highest BCUT2D eigenvalue weighted by Crippen LogP contribution is 2.19. The van der Waals surface area contributed by atoms with Crippen LogP contribution < -0.4 is 15.6 Å². The number of aromatic amines is 1. The van der Waals surface area contributed by atoms with Gasteiger partial charge in [0.05, 0.1) is 10.9 Å². The summed E-state index contributed by atoms with van der Waals surface area (Å²) >= 11 is 5.24. The van der Waals surface area contributed by atoms with Gasteiger partial charge in [-0.1, -0.05) is 12.1 Å². The van der Waals surface area contributed by atoms with Crippen LogP contribution >= 0.6 is 12.2 Å². The molecule has 2 aromatic heterocycles. The second kappa shape index (κ2) is 9.58. The lowest BCUT2D eigenvalue weighted by Gasteiger charge is -2.09. The van der Waals surface area contributed by atoms with Crippen molar-refractivity contribution in [3.05, 3.63) is 106 Å². The second-order valence-corrected chi connectivity index (χ2v) is 7.52. The molecular formula is C24H19FN4O3S. The quantitative estimate of drug-likeness (QED) is 0.312. The number of allylic oxidation sites excluding steroid dienone is 1. The van der Waals surface area contributed by atoms with Crippen LogP contribution in [0.3, 0.4) is 0 Å². The van der Waals surface area contributed by atoms with Gasteiger partial charge in [-0.3, -0.25) is 14.2 Å². The Balaban J connectivity index is 1.43. The van der Waals surface area contributed by atoms with E-state index in [9.17, 15) is 14.0 Å². The van der Waals surface area contributed by atoms with Crippen LogP contribution in [0.15, 0.2) is 78.2 Å². The number of rotatable bonds is 7. The Morgan fingerprint density at radius 3 is 2.70 bits per heavy atom. The van der Waals surface area contributed by atoms with Crippen LogP contribution in [0.1, 0.15) is 15.9 Å². The van der Waals surface area contributed by atoms with Crippen molar-refractivity contribution in [3.63, 3.8) is 0 Å². The Bertz CT molecular complexity index is 1440. The highest BCUT2D eigenvalue weighted by Gasteiger charge is 2.10. The van der Waals surface area contributed by atoms with Crippen molar-refractivity contribution in [2.24, 2.45) is 0 Å². The highest BCUT2D eigenvalue weighted by atomic mass is 32.1. The second-order valence-electron chi connectivity index (χ2n) is 7.14. The summed E-state index contributed by atoms with van der Waals surface area (Å²) in [6.07, 6.45) is 3.17. The maximum absolute atomic E-state index is 13.0. The summed E-state index contributed by atoms with van der Waals surface area (Å²) < 4.78 is 20.2. The maximum Gasteiger partial charge on any atom is 0.262 e. The molecule has 0 aliphatic rings. The van der Waals surface area contributed by atoms with Crippen LogP contribution in [0.2, 0.25) is 0 Å². The Hall–Kier alpha value is -4.11. The Kier molecular flexibility index (Phi) is 6.41. The predicted octanol–water partition coefficient (Wildman–Crippen LogP) is 4.50. The first kappa shape index (κ1) is 22.1. The first-order valence-corrected chi connectivity index (χ1v) is 10.4. The van der Waals surface area contributed by atoms with Gasteiger partial charge in [-0.2, -0.15) is 0 Å². The SMILES string of the molecule is C=CCn1c(=S)[nH]c2cc(C(=O)NCc3ccc(Oc4ccc(F)cc4)nc3)ccc2c1=O. The van der Waals surface area contributed by atoms with E-state index in [-0.39, 0.29) is 28.6 Å². The molecule has 166 valence electrons. The van der Waals surface area contributed by atoms with Crippen LogP contribution in [-0.2, 0) is 13.1 Å². The summed E-state index contributed by atoms with van der Waals surface area (Å²) in [4.78, 5) is 32.4. The van der Waals surface area contributed by atoms with E-state index >= 15 is 0 Å². The molecule has 0 spiro atoms. The minimum atomic E-state index is -0.347. The number of benzene rings is 2. The van der Waals surface area contributed by atoms with Crippen LogP contribution in [0.5, 0.6) is 11.6 Å². The highest BCUT2D eigenvalue weighted by molar-refractivity contribution is 7.71. The first-order valence-electron chi connectivity index (χ1n) is 9.99. The molecule has 4 rings (SSSR count). The molecular weight excluding hydrogens is 443 g/mol. The Morgan fingerprint density at radius 2 is 2.00 bits per heavy atom. The number of H-pyrrole nitrogens is 1. The molecule has 0 saturated carbocycles. The van der Waals surface area contributed by atoms with Gasteiger partial charge < -0.3 is 15.0 Å². The fraction of sp³-hybridized carbons (Fsp3) is 0.0833. The average molecular weight is 463 g/mol. The van der Waals surface area contributed by atoms with E-state index in [1.807, 2.05) is 0 Å². The van der Waals surface area contributed by atoms with Gasteiger partial charge in [0.1, 0.15) is 11.6 Å². The van der Waals surface area contributed by atoms with Crippen LogP contribution in [0, 0.1) is 10.6 Å². The largest absolute Gasteiger partial charge is 0.439 e. The molecule has 0 aliphatic carbocycles. The summed E-state index contributed by atoms with van der Waals surface area (Å²) in [5, 5.41) is 3.25. The summed E-state index contributed by atoms with van der Waals surface area (Å²) in [7, 11) is 0. The van der Waals surface area contributed by atoms with Gasteiger partial charge in [0.15, 0.2) is 4.77 Å². The Labute approximate surface area is 193 Å². The fourth-order valence-corrected chi connectivity index (χ4v) is 3.44. The van der Waals surface area contributed by atoms with Crippen molar-refractivity contribution in [2.45, 2.75) is 13.1 Å². The molecule has 2 aromatic carbocycles. The summed E-state index contributed by atoms with van der Waals surface area (Å²) in [6, 6.07) is 13.8. The van der Waals surface area contributed by atoms with E-state index in [2.05, 4.69) is 21.9 Å². The van der Waals surface area contributed by atoms with E-state index in [1.54, 1.807) is 42.6 Å². The number of nitrogens with one attached hydrogen (secondary N) is 2. The molecule has 9 heteroatoms. The van der Waals surface area contributed by atoms with Crippen molar-refractivity contribution in [1.29, 1.82) is 0 Å². The monoisotopic (exact) mass is 462 g/mol. The van der Waals surface area contributed by atoms with Crippen molar-refractivity contribution in [1.82, 2.24) is 19.9 Å². The minimum absolute atomic E-state index is 0.241. The first-order chi connectivity index (χ1) is 15.9. The molecule has 0 unspecified atom stereocenters. The van der Waals surface area contributed by atoms with Crippen molar-refractivity contribution >= 4 is 29.0 Å². The number of pyridine rings is 1. The number of nitrogens with zero attached hydrogens (tertiary/aromatic N) is 2. The standard InChI is InChI=1S/C24H19FN4O3S/c1-2-11-29-23(31)19-9-4-16(12-20(19)28-24(29)33)22(30)27-14-15-3-10-21(26-13-15)32-18-7-5-17(25)6-8-18/h2-10,12-13H,1,11,14H2,(H,27,30)(H,28,33). The zero-order chi connectivity index (χ0) is 23.4. The normalized spacial score (nSPS) is 10.7. The molecule has 1 amide bonds. The van der Waals surface area contributed by atoms with Gasteiger partial charge in [0, 0.05) is 30.9 Å². The summed E-state index contributed by atoms with van der Waals surface area (Å²) in [5.41, 5.74) is 1.40. The van der Waals surface area contributed by atoms with Gasteiger partial charge in [-0.25, -0.2) is 9.37 Å². The van der Waals surface area contributed by atoms with Crippen molar-refractivity contribution < 1.29 is 13.9 Å². The molecule has 0 fully saturated rings. The molecule has 0 atom stereocenters. The lowest BCUT2D eigenvalue weighted by atomic mass is 10.1. The number of hydrogen-bond acceptors (Lipinski definition) is 5. The molecule has 0 aliphatic heterocycles. The molecule has 0 saturated heterocycles. The Morgan fingerprint density at radius 1 is 1.21 bits per heavy atom.